The minimum atomic E-state index is 0.444. The summed E-state index contributed by atoms with van der Waals surface area (Å²) in [5.74, 6) is 2.02. The van der Waals surface area contributed by atoms with Crippen molar-refractivity contribution in [2.45, 2.75) is 79.1 Å². The molecule has 2 N–H and O–H groups in total. The van der Waals surface area contributed by atoms with E-state index in [4.69, 9.17) is 0 Å². The molecule has 0 unspecified atom stereocenters. The van der Waals surface area contributed by atoms with Crippen LogP contribution >= 0.6 is 8.88 Å². The van der Waals surface area contributed by atoms with Crippen molar-refractivity contribution in [3.05, 3.63) is 58.7 Å². The summed E-state index contributed by atoms with van der Waals surface area (Å²) in [5.41, 5.74) is 8.21. The molecule has 0 atom stereocenters. The van der Waals surface area contributed by atoms with Gasteiger partial charge < -0.3 is 10.2 Å². The van der Waals surface area contributed by atoms with Gasteiger partial charge in [-0.25, -0.2) is 0 Å². The van der Waals surface area contributed by atoms with Gasteiger partial charge in [0.05, 0.1) is 8.88 Å². The Morgan fingerprint density at radius 2 is 0.778 bits per heavy atom. The van der Waals surface area contributed by atoms with E-state index >= 15 is 0 Å². The van der Waals surface area contributed by atoms with Crippen molar-refractivity contribution < 1.29 is 0 Å². The van der Waals surface area contributed by atoms with Crippen LogP contribution in [-0.4, -0.2) is 0 Å². The number of para-hydroxylation sites is 2. The summed E-state index contributed by atoms with van der Waals surface area (Å²) in [4.78, 5) is 0. The Morgan fingerprint density at radius 3 is 1.00 bits per heavy atom. The fraction of sp³-hybridized carbons (Fsp3) is 0.500. The van der Waals surface area contributed by atoms with Gasteiger partial charge in [0.2, 0.25) is 0 Å². The molecule has 2 aromatic carbocycles. The van der Waals surface area contributed by atoms with E-state index in [2.05, 4.69) is 102 Å². The van der Waals surface area contributed by atoms with Crippen LogP contribution in [0, 0.1) is 0 Å². The molecule has 0 saturated heterocycles. The van der Waals surface area contributed by atoms with E-state index < -0.39 is 0 Å². The van der Waals surface area contributed by atoms with Crippen LogP contribution in [0.15, 0.2) is 36.4 Å². The van der Waals surface area contributed by atoms with Crippen LogP contribution in [-0.2, 0) is 0 Å². The van der Waals surface area contributed by atoms with Crippen LogP contribution in [0.2, 0.25) is 0 Å². The third-order valence-electron chi connectivity index (χ3n) is 5.12. The van der Waals surface area contributed by atoms with Crippen LogP contribution in [0.4, 0.5) is 11.4 Å². The third kappa shape index (κ3) is 5.26. The predicted octanol–water partition coefficient (Wildman–Crippen LogP) is 8.21. The number of nitrogens with one attached hydrogen (secondary N) is 2. The highest BCUT2D eigenvalue weighted by Gasteiger charge is 2.16. The molecule has 3 heteroatoms. The average molecular weight is 385 g/mol. The quantitative estimate of drug-likeness (QED) is 0.448. The fourth-order valence-corrected chi connectivity index (χ4v) is 4.44. The monoisotopic (exact) mass is 384 g/mol. The number of rotatable bonds is 8. The molecule has 2 aromatic rings. The van der Waals surface area contributed by atoms with E-state index in [0.29, 0.717) is 32.6 Å². The molecule has 148 valence electrons. The lowest BCUT2D eigenvalue weighted by atomic mass is 9.93. The van der Waals surface area contributed by atoms with Crippen molar-refractivity contribution in [2.75, 3.05) is 10.2 Å². The number of anilines is 2. The Labute approximate surface area is 168 Å². The molecule has 0 aromatic heterocycles. The van der Waals surface area contributed by atoms with Crippen LogP contribution < -0.4 is 10.2 Å². The maximum absolute atomic E-state index is 3.74. The Kier molecular flexibility index (Phi) is 7.74. The van der Waals surface area contributed by atoms with Crippen LogP contribution in [0.25, 0.3) is 0 Å². The van der Waals surface area contributed by atoms with Crippen LogP contribution in [0.5, 0.6) is 0 Å². The molecular formula is C24H37N2P. The smallest absolute Gasteiger partial charge is 0.0743 e. The summed E-state index contributed by atoms with van der Waals surface area (Å²) in [7, 11) is 0.444. The first-order valence-electron chi connectivity index (χ1n) is 10.3. The lowest BCUT2D eigenvalue weighted by molar-refractivity contribution is 0.839. The van der Waals surface area contributed by atoms with Gasteiger partial charge in [-0.05, 0) is 45.9 Å². The standard InChI is InChI=1S/C24H37N2P/c1-15(2)19-11-9-12-20(16(3)4)23(19)25-27-26-24-21(17(5)6)13-10-14-22(24)18(7)8/h9-18,25-27H,1-8H3. The molecule has 27 heavy (non-hydrogen) atoms. The summed E-state index contributed by atoms with van der Waals surface area (Å²) in [6, 6.07) is 13.4. The van der Waals surface area contributed by atoms with Crippen LogP contribution in [0.3, 0.4) is 0 Å². The van der Waals surface area contributed by atoms with E-state index in [1.807, 2.05) is 0 Å². The Balaban J connectivity index is 2.30. The minimum Gasteiger partial charge on any atom is -0.350 e. The lowest BCUT2D eigenvalue weighted by Crippen LogP contribution is -2.06. The van der Waals surface area contributed by atoms with Gasteiger partial charge in [0.25, 0.3) is 0 Å². The van der Waals surface area contributed by atoms with Crippen molar-refractivity contribution in [2.24, 2.45) is 0 Å². The zero-order valence-corrected chi connectivity index (χ0v) is 19.3. The number of hydrogen-bond acceptors (Lipinski definition) is 2. The summed E-state index contributed by atoms with van der Waals surface area (Å²) in [6.07, 6.45) is 0. The van der Waals surface area contributed by atoms with E-state index in [1.165, 1.54) is 33.6 Å². The Hall–Kier alpha value is -1.53. The van der Waals surface area contributed by atoms with Gasteiger partial charge in [-0.3, -0.25) is 0 Å². The molecule has 0 saturated carbocycles. The minimum absolute atomic E-state index is 0.444. The zero-order chi connectivity index (χ0) is 20.1. The molecule has 0 aliphatic heterocycles. The molecule has 2 rings (SSSR count). The van der Waals surface area contributed by atoms with Crippen molar-refractivity contribution in [3.8, 4) is 0 Å². The molecule has 0 fully saturated rings. The number of hydrogen-bond donors (Lipinski definition) is 2. The molecular weight excluding hydrogens is 347 g/mol. The fourth-order valence-electron chi connectivity index (χ4n) is 3.55. The third-order valence-corrected chi connectivity index (χ3v) is 5.87. The van der Waals surface area contributed by atoms with E-state index in [0.717, 1.165) is 0 Å². The highest BCUT2D eigenvalue weighted by Crippen LogP contribution is 2.38. The maximum Gasteiger partial charge on any atom is 0.0743 e. The van der Waals surface area contributed by atoms with Gasteiger partial charge in [-0.2, -0.15) is 0 Å². The molecule has 0 amide bonds. The second-order valence-electron chi connectivity index (χ2n) is 8.62. The zero-order valence-electron chi connectivity index (χ0n) is 18.3. The summed E-state index contributed by atoms with van der Waals surface area (Å²) < 4.78 is 0. The van der Waals surface area contributed by atoms with Crippen molar-refractivity contribution in [3.63, 3.8) is 0 Å². The first-order valence-corrected chi connectivity index (χ1v) is 11.3. The van der Waals surface area contributed by atoms with E-state index in [-0.39, 0.29) is 0 Å². The normalized spacial score (nSPS) is 11.7. The summed E-state index contributed by atoms with van der Waals surface area (Å²) in [6.45, 7) is 18.2. The summed E-state index contributed by atoms with van der Waals surface area (Å²) in [5, 5.41) is 7.48. The van der Waals surface area contributed by atoms with Gasteiger partial charge >= 0.3 is 0 Å². The van der Waals surface area contributed by atoms with Gasteiger partial charge in [0, 0.05) is 11.4 Å². The SMILES string of the molecule is CC(C)c1cccc(C(C)C)c1NPNc1c(C(C)C)cccc1C(C)C. The van der Waals surface area contributed by atoms with Gasteiger partial charge in [0.15, 0.2) is 0 Å². The molecule has 0 spiro atoms. The van der Waals surface area contributed by atoms with Gasteiger partial charge in [-0.15, -0.1) is 0 Å². The molecule has 0 aliphatic carbocycles. The Morgan fingerprint density at radius 1 is 0.519 bits per heavy atom. The topological polar surface area (TPSA) is 24.1 Å². The van der Waals surface area contributed by atoms with Crippen molar-refractivity contribution in [1.29, 1.82) is 0 Å². The average Bonchev–Trinajstić information content (AvgIpc) is 2.61. The number of benzene rings is 2. The van der Waals surface area contributed by atoms with Crippen molar-refractivity contribution in [1.82, 2.24) is 0 Å². The van der Waals surface area contributed by atoms with Crippen LogP contribution in [0.1, 0.15) is 101 Å². The molecule has 0 aliphatic rings. The summed E-state index contributed by atoms with van der Waals surface area (Å²) >= 11 is 0. The highest BCUT2D eigenvalue weighted by molar-refractivity contribution is 7.41. The van der Waals surface area contributed by atoms with Crippen molar-refractivity contribution >= 4 is 20.3 Å². The van der Waals surface area contributed by atoms with E-state index in [1.54, 1.807) is 0 Å². The first-order chi connectivity index (χ1) is 12.7. The molecule has 0 bridgehead atoms. The van der Waals surface area contributed by atoms with E-state index in [9.17, 15) is 0 Å². The largest absolute Gasteiger partial charge is 0.350 e. The lowest BCUT2D eigenvalue weighted by Gasteiger charge is -2.24. The second-order valence-corrected chi connectivity index (χ2v) is 9.37. The maximum atomic E-state index is 3.74. The second kappa shape index (κ2) is 9.60. The molecule has 0 heterocycles. The first kappa shape index (κ1) is 21.8. The predicted molar refractivity (Wildman–Crippen MR) is 125 cm³/mol. The highest BCUT2D eigenvalue weighted by atomic mass is 31.1. The molecule has 2 nitrogen and oxygen atoms in total. The van der Waals surface area contributed by atoms with Gasteiger partial charge in [0.1, 0.15) is 0 Å². The Bertz CT molecular complexity index is 632. The molecule has 0 radical (unpaired) electrons. The van der Waals surface area contributed by atoms with Gasteiger partial charge in [-0.1, -0.05) is 91.8 Å².